The number of rotatable bonds is 2. The molecule has 0 aliphatic heterocycles. The Morgan fingerprint density at radius 2 is 1.92 bits per heavy atom. The zero-order valence-electron chi connectivity index (χ0n) is 7.40. The van der Waals surface area contributed by atoms with Gasteiger partial charge >= 0.3 is 0 Å². The number of primary amides is 1. The van der Waals surface area contributed by atoms with Gasteiger partial charge in [-0.15, -0.1) is 0 Å². The third-order valence-corrected chi connectivity index (χ3v) is 1.55. The maximum atomic E-state index is 10.7. The number of hydrogen-bond donors (Lipinski definition) is 1. The summed E-state index contributed by atoms with van der Waals surface area (Å²) >= 11 is 0. The van der Waals surface area contributed by atoms with Gasteiger partial charge in [-0.05, 0) is 5.56 Å². The van der Waals surface area contributed by atoms with Crippen molar-refractivity contribution in [1.82, 2.24) is 0 Å². The minimum absolute atomic E-state index is 0. The van der Waals surface area contributed by atoms with Gasteiger partial charge in [0.05, 0.1) is 6.07 Å². The second-order valence-electron chi connectivity index (χ2n) is 2.38. The zero-order chi connectivity index (χ0) is 8.97. The fourth-order valence-corrected chi connectivity index (χ4v) is 0.948. The number of hydrogen-bond acceptors (Lipinski definition) is 2. The molecule has 0 aliphatic rings. The van der Waals surface area contributed by atoms with Crippen LogP contribution in [0.2, 0.25) is 0 Å². The number of benzene rings is 1. The number of nitriles is 1. The Morgan fingerprint density at radius 1 is 1.38 bits per heavy atom. The van der Waals surface area contributed by atoms with Crippen LogP contribution in [-0.4, -0.2) is 35.5 Å². The molecule has 1 radical (unpaired) electrons. The molecule has 1 unspecified atom stereocenters. The molecular weight excluding hydrogens is 175 g/mol. The van der Waals surface area contributed by atoms with Gasteiger partial charge in [-0.1, -0.05) is 30.3 Å². The summed E-state index contributed by atoms with van der Waals surface area (Å²) in [6, 6.07) is 10.6. The van der Waals surface area contributed by atoms with Crippen LogP contribution in [0.5, 0.6) is 0 Å². The Bertz CT molecular complexity index is 318. The molecule has 1 amide bonds. The predicted octanol–water partition coefficient (Wildman–Crippen LogP) is 0.398. The van der Waals surface area contributed by atoms with Crippen molar-refractivity contribution in [1.29, 1.82) is 5.26 Å². The predicted molar refractivity (Wildman–Crippen MR) is 49.7 cm³/mol. The van der Waals surface area contributed by atoms with E-state index in [0.717, 1.165) is 0 Å². The van der Waals surface area contributed by atoms with E-state index in [2.05, 4.69) is 0 Å². The van der Waals surface area contributed by atoms with Crippen LogP contribution < -0.4 is 5.73 Å². The first kappa shape index (κ1) is 12.2. The van der Waals surface area contributed by atoms with Crippen molar-refractivity contribution in [3.63, 3.8) is 0 Å². The van der Waals surface area contributed by atoms with Gasteiger partial charge < -0.3 is 5.73 Å². The number of nitrogens with two attached hydrogens (primary N) is 1. The molecule has 0 bridgehead atoms. The van der Waals surface area contributed by atoms with Crippen molar-refractivity contribution in [3.05, 3.63) is 35.9 Å². The first-order valence-electron chi connectivity index (χ1n) is 3.49. The average molecular weight is 183 g/mol. The first-order valence-corrected chi connectivity index (χ1v) is 3.49. The Kier molecular flexibility index (Phi) is 5.40. The maximum absolute atomic E-state index is 10.7. The van der Waals surface area contributed by atoms with Crippen molar-refractivity contribution < 1.29 is 4.79 Å². The molecule has 0 spiro atoms. The second-order valence-corrected chi connectivity index (χ2v) is 2.38. The quantitative estimate of drug-likeness (QED) is 0.674. The topological polar surface area (TPSA) is 66.9 Å². The Balaban J connectivity index is 0.00000144. The molecule has 1 rings (SSSR count). The van der Waals surface area contributed by atoms with Crippen LogP contribution in [-0.2, 0) is 4.79 Å². The summed E-state index contributed by atoms with van der Waals surface area (Å²) in [4.78, 5) is 10.7. The van der Waals surface area contributed by atoms with Gasteiger partial charge in [-0.2, -0.15) is 5.26 Å². The molecule has 13 heavy (non-hydrogen) atoms. The smallest absolute Gasteiger partial charge is 0.239 e. The van der Waals surface area contributed by atoms with Crippen LogP contribution in [0.25, 0.3) is 0 Å². The van der Waals surface area contributed by atoms with Crippen LogP contribution >= 0.6 is 0 Å². The van der Waals surface area contributed by atoms with Crippen LogP contribution in [0.1, 0.15) is 11.5 Å². The third-order valence-electron chi connectivity index (χ3n) is 1.55. The number of nitrogens with zero attached hydrogens (tertiary/aromatic N) is 1. The molecule has 4 heteroatoms. The van der Waals surface area contributed by atoms with Gasteiger partial charge in [0.15, 0.2) is 0 Å². The number of carbonyl (C=O) groups excluding carboxylic acids is 1. The third kappa shape index (κ3) is 3.19. The van der Waals surface area contributed by atoms with Gasteiger partial charge in [0.1, 0.15) is 5.92 Å². The van der Waals surface area contributed by atoms with E-state index in [1.165, 1.54) is 0 Å². The number of amides is 1. The van der Waals surface area contributed by atoms with Crippen LogP contribution in [0.3, 0.4) is 0 Å². The molecule has 0 saturated carbocycles. The molecule has 0 aliphatic carbocycles. The molecule has 0 aromatic heterocycles. The van der Waals surface area contributed by atoms with Crippen molar-refractivity contribution in [2.45, 2.75) is 5.92 Å². The molecule has 1 atom stereocenters. The zero-order valence-corrected chi connectivity index (χ0v) is 9.40. The molecule has 1 aromatic carbocycles. The summed E-state index contributed by atoms with van der Waals surface area (Å²) < 4.78 is 0. The molecule has 1 aromatic rings. The summed E-state index contributed by atoms with van der Waals surface area (Å²) in [5.41, 5.74) is 5.66. The van der Waals surface area contributed by atoms with Crippen LogP contribution in [0.15, 0.2) is 30.3 Å². The molecular formula is C9H8N2NaO. The summed E-state index contributed by atoms with van der Waals surface area (Å²) in [5.74, 6) is -1.44. The molecule has 0 fully saturated rings. The second kappa shape index (κ2) is 5.76. The fourth-order valence-electron chi connectivity index (χ4n) is 0.948. The van der Waals surface area contributed by atoms with E-state index in [1.807, 2.05) is 12.1 Å². The standard InChI is InChI=1S/C9H8N2O.Na/c10-6-8(9(11)12)7-4-2-1-3-5-7;/h1-5,8H,(H2,11,12);. The van der Waals surface area contributed by atoms with E-state index in [1.54, 1.807) is 24.3 Å². The van der Waals surface area contributed by atoms with Crippen molar-refractivity contribution in [3.8, 4) is 6.07 Å². The molecule has 61 valence electrons. The van der Waals surface area contributed by atoms with E-state index in [0.29, 0.717) is 5.56 Å². The Morgan fingerprint density at radius 3 is 2.31 bits per heavy atom. The Labute approximate surface area is 98.8 Å². The van der Waals surface area contributed by atoms with E-state index in [4.69, 9.17) is 11.0 Å². The summed E-state index contributed by atoms with van der Waals surface area (Å²) in [7, 11) is 0. The van der Waals surface area contributed by atoms with Crippen molar-refractivity contribution in [2.75, 3.05) is 0 Å². The van der Waals surface area contributed by atoms with Crippen LogP contribution in [0, 0.1) is 11.3 Å². The summed E-state index contributed by atoms with van der Waals surface area (Å²) in [5, 5.41) is 8.60. The molecule has 2 N–H and O–H groups in total. The van der Waals surface area contributed by atoms with E-state index in [-0.39, 0.29) is 29.6 Å². The minimum atomic E-state index is -0.828. The minimum Gasteiger partial charge on any atom is -0.368 e. The maximum Gasteiger partial charge on any atom is 0.239 e. The normalized spacial score (nSPS) is 10.7. The Hall–Kier alpha value is -0.820. The van der Waals surface area contributed by atoms with Gasteiger partial charge in [0.25, 0.3) is 0 Å². The van der Waals surface area contributed by atoms with Gasteiger partial charge in [-0.25, -0.2) is 0 Å². The largest absolute Gasteiger partial charge is 0.368 e. The summed E-state index contributed by atoms with van der Waals surface area (Å²) in [6.45, 7) is 0. The van der Waals surface area contributed by atoms with Crippen molar-refractivity contribution >= 4 is 35.5 Å². The van der Waals surface area contributed by atoms with Crippen molar-refractivity contribution in [2.24, 2.45) is 5.73 Å². The average Bonchev–Trinajstić information content (AvgIpc) is 2.07. The van der Waals surface area contributed by atoms with Gasteiger partial charge in [0.2, 0.25) is 5.91 Å². The van der Waals surface area contributed by atoms with E-state index in [9.17, 15) is 4.79 Å². The fraction of sp³-hybridized carbons (Fsp3) is 0.111. The first-order chi connectivity index (χ1) is 5.75. The molecule has 3 nitrogen and oxygen atoms in total. The SMILES string of the molecule is N#CC(C(N)=O)c1ccccc1.[Na]. The molecule has 0 heterocycles. The van der Waals surface area contributed by atoms with Gasteiger partial charge in [0, 0.05) is 29.6 Å². The number of carbonyl (C=O) groups is 1. The van der Waals surface area contributed by atoms with Gasteiger partial charge in [-0.3, -0.25) is 4.79 Å². The summed E-state index contributed by atoms with van der Waals surface area (Å²) in [6.07, 6.45) is 0. The monoisotopic (exact) mass is 183 g/mol. The van der Waals surface area contributed by atoms with Crippen LogP contribution in [0.4, 0.5) is 0 Å². The van der Waals surface area contributed by atoms with E-state index < -0.39 is 11.8 Å². The molecule has 0 saturated heterocycles. The van der Waals surface area contributed by atoms with E-state index >= 15 is 0 Å².